The fraction of sp³-hybridized carbons (Fsp3) is 0.379. The summed E-state index contributed by atoms with van der Waals surface area (Å²) in [7, 11) is 1.57. The molecule has 0 saturated carbocycles. The molecule has 1 aromatic heterocycles. The molecule has 0 bridgehead atoms. The van der Waals surface area contributed by atoms with Crippen LogP contribution in [0.15, 0.2) is 59.1 Å². The zero-order chi connectivity index (χ0) is 28.6. The van der Waals surface area contributed by atoms with E-state index in [0.29, 0.717) is 28.5 Å². The highest BCUT2D eigenvalue weighted by atomic mass is 35.5. The van der Waals surface area contributed by atoms with Gasteiger partial charge in [0, 0.05) is 41.6 Å². The second kappa shape index (κ2) is 13.3. The molecule has 2 aromatic carbocycles. The van der Waals surface area contributed by atoms with Gasteiger partial charge in [0.15, 0.2) is 5.82 Å². The molecule has 0 saturated heterocycles. The molecule has 0 aliphatic rings. The van der Waals surface area contributed by atoms with Gasteiger partial charge in [-0.3, -0.25) is 14.4 Å². The van der Waals surface area contributed by atoms with Crippen LogP contribution < -0.4 is 15.4 Å². The number of ether oxygens (including phenoxy) is 1. The first kappa shape index (κ1) is 29.7. The Hall–Kier alpha value is -3.85. The van der Waals surface area contributed by atoms with Crippen molar-refractivity contribution in [1.82, 2.24) is 15.4 Å². The molecule has 0 fully saturated rings. The second-order valence-corrected chi connectivity index (χ2v) is 10.3. The third-order valence-corrected chi connectivity index (χ3v) is 6.74. The molecular formula is C29H35ClN4O5. The van der Waals surface area contributed by atoms with Gasteiger partial charge in [0.05, 0.1) is 7.11 Å². The van der Waals surface area contributed by atoms with Crippen LogP contribution >= 0.6 is 11.6 Å². The molecule has 9 nitrogen and oxygen atoms in total. The summed E-state index contributed by atoms with van der Waals surface area (Å²) in [6.45, 7) is 7.63. The van der Waals surface area contributed by atoms with Crippen molar-refractivity contribution < 1.29 is 23.6 Å². The summed E-state index contributed by atoms with van der Waals surface area (Å²) in [5.74, 6) is 0.352. The molecule has 10 heteroatoms. The number of methoxy groups -OCH3 is 1. The van der Waals surface area contributed by atoms with Gasteiger partial charge in [0.25, 0.3) is 0 Å². The first-order valence-electron chi connectivity index (χ1n) is 12.7. The van der Waals surface area contributed by atoms with E-state index in [1.54, 1.807) is 56.5 Å². The maximum Gasteiger partial charge on any atom is 0.247 e. The third-order valence-electron chi connectivity index (χ3n) is 6.40. The van der Waals surface area contributed by atoms with E-state index >= 15 is 0 Å². The molecule has 0 radical (unpaired) electrons. The molecule has 0 spiro atoms. The largest absolute Gasteiger partial charge is 0.497 e. The average Bonchev–Trinajstić information content (AvgIpc) is 3.32. The highest BCUT2D eigenvalue weighted by Gasteiger charge is 2.35. The van der Waals surface area contributed by atoms with Crippen molar-refractivity contribution in [3.8, 4) is 5.75 Å². The van der Waals surface area contributed by atoms with Crippen molar-refractivity contribution in [3.05, 3.63) is 76.5 Å². The van der Waals surface area contributed by atoms with E-state index in [9.17, 15) is 14.4 Å². The lowest BCUT2D eigenvalue weighted by atomic mass is 9.98. The minimum atomic E-state index is -1.03. The Kier molecular flexibility index (Phi) is 10.1. The Labute approximate surface area is 233 Å². The Balaban J connectivity index is 1.94. The number of nitrogens with zero attached hydrogens (tertiary/aromatic N) is 2. The van der Waals surface area contributed by atoms with Gasteiger partial charge in [0.2, 0.25) is 17.7 Å². The van der Waals surface area contributed by atoms with Gasteiger partial charge in [-0.25, -0.2) is 0 Å². The van der Waals surface area contributed by atoms with Gasteiger partial charge in [-0.1, -0.05) is 54.0 Å². The number of carbonyl (C=O) groups is 3. The molecule has 0 aliphatic carbocycles. The van der Waals surface area contributed by atoms with Crippen molar-refractivity contribution in [2.45, 2.75) is 65.1 Å². The number of amides is 3. The predicted molar refractivity (Wildman–Crippen MR) is 149 cm³/mol. The number of hydrogen-bond acceptors (Lipinski definition) is 6. The number of hydrogen-bond donors (Lipinski definition) is 2. The Morgan fingerprint density at radius 2 is 1.79 bits per heavy atom. The maximum absolute atomic E-state index is 13.8. The molecule has 3 amide bonds. The minimum absolute atomic E-state index is 0.110. The summed E-state index contributed by atoms with van der Waals surface area (Å²) >= 11 is 6.56. The molecule has 0 unspecified atom stereocenters. The summed E-state index contributed by atoms with van der Waals surface area (Å²) < 4.78 is 10.2. The summed E-state index contributed by atoms with van der Waals surface area (Å²) in [4.78, 5) is 41.6. The lowest BCUT2D eigenvalue weighted by Crippen LogP contribution is -2.50. The highest BCUT2D eigenvalue weighted by Crippen LogP contribution is 2.31. The van der Waals surface area contributed by atoms with E-state index in [1.165, 1.54) is 4.90 Å². The second-order valence-electron chi connectivity index (χ2n) is 9.89. The third kappa shape index (κ3) is 8.32. The molecule has 208 valence electrons. The number of rotatable bonds is 12. The molecule has 39 heavy (non-hydrogen) atoms. The van der Waals surface area contributed by atoms with E-state index < -0.39 is 17.5 Å². The van der Waals surface area contributed by atoms with E-state index in [1.807, 2.05) is 32.9 Å². The number of anilines is 1. The van der Waals surface area contributed by atoms with Crippen LogP contribution in [0.3, 0.4) is 0 Å². The van der Waals surface area contributed by atoms with E-state index in [4.69, 9.17) is 20.9 Å². The zero-order valence-corrected chi connectivity index (χ0v) is 23.7. The lowest BCUT2D eigenvalue weighted by molar-refractivity contribution is -0.142. The monoisotopic (exact) mass is 554 g/mol. The Morgan fingerprint density at radius 1 is 1.10 bits per heavy atom. The van der Waals surface area contributed by atoms with Crippen LogP contribution in [-0.2, 0) is 20.9 Å². The molecule has 1 atom stereocenters. The van der Waals surface area contributed by atoms with Gasteiger partial charge in [0.1, 0.15) is 17.6 Å². The van der Waals surface area contributed by atoms with Crippen LogP contribution in [0.5, 0.6) is 5.75 Å². The van der Waals surface area contributed by atoms with Crippen molar-refractivity contribution in [3.63, 3.8) is 0 Å². The summed E-state index contributed by atoms with van der Waals surface area (Å²) in [5.41, 5.74) is 0.764. The van der Waals surface area contributed by atoms with Crippen LogP contribution in [0.4, 0.5) is 5.82 Å². The fourth-order valence-corrected chi connectivity index (χ4v) is 4.12. The van der Waals surface area contributed by atoms with E-state index in [-0.39, 0.29) is 37.0 Å². The first-order chi connectivity index (χ1) is 18.5. The number of nitrogens with one attached hydrogen (secondary N) is 2. The maximum atomic E-state index is 13.8. The Bertz CT molecular complexity index is 1290. The van der Waals surface area contributed by atoms with Crippen molar-refractivity contribution in [2.24, 2.45) is 0 Å². The van der Waals surface area contributed by atoms with Crippen LogP contribution in [0.2, 0.25) is 5.02 Å². The van der Waals surface area contributed by atoms with Crippen LogP contribution in [0.25, 0.3) is 0 Å². The summed E-state index contributed by atoms with van der Waals surface area (Å²) in [6.07, 6.45) is 0.438. The number of carbonyl (C=O) groups excluding carboxylic acids is 3. The molecule has 0 aliphatic heterocycles. The normalized spacial score (nSPS) is 11.9. The van der Waals surface area contributed by atoms with Gasteiger partial charge in [-0.15, -0.1) is 0 Å². The van der Waals surface area contributed by atoms with Crippen LogP contribution in [0, 0.1) is 6.92 Å². The van der Waals surface area contributed by atoms with E-state index in [2.05, 4.69) is 15.8 Å². The standard InChI is InChI=1S/C29H35ClN4O5/c1-6-29(3,4)32-28(37)27(22-9-7-8-10-23(22)30)34(18-20-11-13-21(38-5)14-12-20)26(36)16-15-25(35)31-24-17-19(2)39-33-24/h7-14,17,27H,6,15-16,18H2,1-5H3,(H,32,37)(H,31,33,35)/t27-/m1/s1. The number of halogens is 1. The summed E-state index contributed by atoms with van der Waals surface area (Å²) in [6, 6.07) is 14.8. The number of aryl methyl sites for hydroxylation is 1. The minimum Gasteiger partial charge on any atom is -0.497 e. The lowest BCUT2D eigenvalue weighted by Gasteiger charge is -2.35. The van der Waals surface area contributed by atoms with Gasteiger partial charge in [-0.05, 0) is 51.0 Å². The molecular weight excluding hydrogens is 520 g/mol. The SMILES string of the molecule is CCC(C)(C)NC(=O)[C@@H](c1ccccc1Cl)N(Cc1ccc(OC)cc1)C(=O)CCC(=O)Nc1cc(C)on1. The smallest absolute Gasteiger partial charge is 0.247 e. The van der Waals surface area contributed by atoms with Gasteiger partial charge in [-0.2, -0.15) is 0 Å². The number of benzene rings is 2. The van der Waals surface area contributed by atoms with Crippen molar-refractivity contribution >= 4 is 35.1 Å². The van der Waals surface area contributed by atoms with Gasteiger partial charge < -0.3 is 24.8 Å². The fourth-order valence-electron chi connectivity index (χ4n) is 3.88. The topological polar surface area (TPSA) is 114 Å². The van der Waals surface area contributed by atoms with E-state index in [0.717, 1.165) is 5.56 Å². The van der Waals surface area contributed by atoms with Gasteiger partial charge >= 0.3 is 0 Å². The molecule has 3 aromatic rings. The zero-order valence-electron chi connectivity index (χ0n) is 22.9. The predicted octanol–water partition coefficient (Wildman–Crippen LogP) is 5.44. The highest BCUT2D eigenvalue weighted by molar-refractivity contribution is 6.31. The molecule has 1 heterocycles. The molecule has 2 N–H and O–H groups in total. The number of aromatic nitrogens is 1. The van der Waals surface area contributed by atoms with Crippen molar-refractivity contribution in [1.29, 1.82) is 0 Å². The van der Waals surface area contributed by atoms with Crippen LogP contribution in [0.1, 0.15) is 63.0 Å². The Morgan fingerprint density at radius 3 is 2.38 bits per heavy atom. The first-order valence-corrected chi connectivity index (χ1v) is 13.1. The van der Waals surface area contributed by atoms with Crippen molar-refractivity contribution in [2.75, 3.05) is 12.4 Å². The average molecular weight is 555 g/mol. The van der Waals surface area contributed by atoms with Crippen LogP contribution in [-0.4, -0.2) is 40.4 Å². The quantitative estimate of drug-likeness (QED) is 0.308. The summed E-state index contributed by atoms with van der Waals surface area (Å²) in [5, 5.41) is 9.79. The molecule has 3 rings (SSSR count).